The second-order valence-corrected chi connectivity index (χ2v) is 6.59. The predicted molar refractivity (Wildman–Crippen MR) is 96.9 cm³/mol. The van der Waals surface area contributed by atoms with E-state index in [1.807, 2.05) is 43.5 Å². The van der Waals surface area contributed by atoms with Crippen LogP contribution in [0.15, 0.2) is 42.6 Å². The average molecular weight is 323 g/mol. The highest BCUT2D eigenvalue weighted by Crippen LogP contribution is 2.41. The minimum absolute atomic E-state index is 0.0455. The molecule has 1 aliphatic carbocycles. The van der Waals surface area contributed by atoms with Crippen molar-refractivity contribution in [1.82, 2.24) is 10.3 Å². The number of nitrogens with one attached hydrogen (secondary N) is 2. The van der Waals surface area contributed by atoms with Crippen LogP contribution in [0.2, 0.25) is 0 Å². The molecule has 0 bridgehead atoms. The van der Waals surface area contributed by atoms with Crippen LogP contribution in [-0.4, -0.2) is 17.4 Å². The first-order chi connectivity index (χ1) is 11.6. The van der Waals surface area contributed by atoms with Crippen molar-refractivity contribution in [3.8, 4) is 0 Å². The molecule has 1 fully saturated rings. The summed E-state index contributed by atoms with van der Waals surface area (Å²) in [7, 11) is 0. The monoisotopic (exact) mass is 323 g/mol. The van der Waals surface area contributed by atoms with Gasteiger partial charge in [0.15, 0.2) is 0 Å². The van der Waals surface area contributed by atoms with E-state index in [-0.39, 0.29) is 11.9 Å². The molecular weight excluding hydrogens is 298 g/mol. The summed E-state index contributed by atoms with van der Waals surface area (Å²) in [5, 5.41) is 6.53. The predicted octanol–water partition coefficient (Wildman–Crippen LogP) is 3.77. The van der Waals surface area contributed by atoms with E-state index in [0.717, 1.165) is 16.9 Å². The van der Waals surface area contributed by atoms with Gasteiger partial charge in [-0.05, 0) is 55.9 Å². The Morgan fingerprint density at radius 2 is 1.92 bits per heavy atom. The first-order valence-electron chi connectivity index (χ1n) is 8.65. The number of rotatable bonds is 7. The summed E-state index contributed by atoms with van der Waals surface area (Å²) >= 11 is 0. The van der Waals surface area contributed by atoms with E-state index in [4.69, 9.17) is 0 Å². The Morgan fingerprint density at radius 3 is 2.62 bits per heavy atom. The number of hydrogen-bond donors (Lipinski definition) is 2. The zero-order chi connectivity index (χ0) is 16.9. The quantitative estimate of drug-likeness (QED) is 0.815. The van der Waals surface area contributed by atoms with E-state index >= 15 is 0 Å². The number of aryl methyl sites for hydroxylation is 2. The third kappa shape index (κ3) is 4.20. The Kier molecular flexibility index (Phi) is 5.26. The van der Waals surface area contributed by atoms with Gasteiger partial charge in [-0.2, -0.15) is 0 Å². The van der Waals surface area contributed by atoms with E-state index in [9.17, 15) is 4.79 Å². The topological polar surface area (TPSA) is 54.0 Å². The lowest BCUT2D eigenvalue weighted by atomic mass is 10.0. The molecule has 1 saturated carbocycles. The summed E-state index contributed by atoms with van der Waals surface area (Å²) < 4.78 is 0. The second-order valence-electron chi connectivity index (χ2n) is 6.59. The Hall–Kier alpha value is -2.20. The van der Waals surface area contributed by atoms with Crippen molar-refractivity contribution in [3.63, 3.8) is 0 Å². The Balaban J connectivity index is 1.54. The van der Waals surface area contributed by atoms with Gasteiger partial charge >= 0.3 is 0 Å². The van der Waals surface area contributed by atoms with E-state index in [0.29, 0.717) is 18.9 Å². The molecule has 126 valence electrons. The van der Waals surface area contributed by atoms with Crippen molar-refractivity contribution in [1.29, 1.82) is 0 Å². The molecule has 1 atom stereocenters. The Morgan fingerprint density at radius 1 is 1.17 bits per heavy atom. The molecule has 24 heavy (non-hydrogen) atoms. The van der Waals surface area contributed by atoms with Crippen molar-refractivity contribution < 1.29 is 4.79 Å². The number of carbonyl (C=O) groups is 1. The lowest BCUT2D eigenvalue weighted by Crippen LogP contribution is -2.28. The molecule has 4 heteroatoms. The molecule has 1 heterocycles. The molecule has 1 aliphatic rings. The lowest BCUT2D eigenvalue weighted by molar-refractivity contribution is -0.116. The van der Waals surface area contributed by atoms with Crippen LogP contribution in [0.4, 0.5) is 5.69 Å². The van der Waals surface area contributed by atoms with Crippen molar-refractivity contribution in [3.05, 3.63) is 59.4 Å². The molecule has 2 N–H and O–H groups in total. The molecule has 1 aromatic carbocycles. The molecular formula is C20H25N3O. The van der Waals surface area contributed by atoms with Crippen LogP contribution in [0.5, 0.6) is 0 Å². The molecule has 4 nitrogen and oxygen atoms in total. The van der Waals surface area contributed by atoms with Crippen LogP contribution in [-0.2, 0) is 4.79 Å². The molecule has 0 radical (unpaired) electrons. The van der Waals surface area contributed by atoms with Crippen LogP contribution < -0.4 is 10.6 Å². The molecule has 2 aromatic rings. The molecule has 1 amide bonds. The normalized spacial score (nSPS) is 15.1. The van der Waals surface area contributed by atoms with Gasteiger partial charge in [-0.3, -0.25) is 9.78 Å². The molecule has 3 rings (SSSR count). The van der Waals surface area contributed by atoms with Gasteiger partial charge in [0.25, 0.3) is 0 Å². The fourth-order valence-electron chi connectivity index (χ4n) is 3.01. The highest BCUT2D eigenvalue weighted by Gasteiger charge is 2.33. The van der Waals surface area contributed by atoms with E-state index < -0.39 is 0 Å². The number of hydrogen-bond acceptors (Lipinski definition) is 3. The maximum Gasteiger partial charge on any atom is 0.225 e. The standard InChI is InChI=1S/C20H25N3O/c1-14-6-3-4-8-17(14)23-18(24)11-13-22-20(16-9-10-16)19-15(2)7-5-12-21-19/h3-8,12,16,20,22H,9-11,13H2,1-2H3,(H,23,24)/t20-/m0/s1. The number of anilines is 1. The summed E-state index contributed by atoms with van der Waals surface area (Å²) in [6, 6.07) is 12.2. The summed E-state index contributed by atoms with van der Waals surface area (Å²) in [6.07, 6.45) is 4.79. The zero-order valence-corrected chi connectivity index (χ0v) is 14.4. The van der Waals surface area contributed by atoms with E-state index in [1.54, 1.807) is 0 Å². The summed E-state index contributed by atoms with van der Waals surface area (Å²) in [5.41, 5.74) is 4.31. The van der Waals surface area contributed by atoms with Gasteiger partial charge in [0.05, 0.1) is 11.7 Å². The smallest absolute Gasteiger partial charge is 0.225 e. The average Bonchev–Trinajstić information content (AvgIpc) is 3.40. The fraction of sp³-hybridized carbons (Fsp3) is 0.400. The molecule has 0 aliphatic heterocycles. The van der Waals surface area contributed by atoms with Gasteiger partial charge in [-0.1, -0.05) is 24.3 Å². The Labute approximate surface area is 143 Å². The minimum atomic E-state index is 0.0455. The van der Waals surface area contributed by atoms with Gasteiger partial charge in [0.1, 0.15) is 0 Å². The van der Waals surface area contributed by atoms with E-state index in [1.165, 1.54) is 18.4 Å². The number of pyridine rings is 1. The number of para-hydroxylation sites is 1. The number of amides is 1. The van der Waals surface area contributed by atoms with Gasteiger partial charge in [-0.25, -0.2) is 0 Å². The Bertz CT molecular complexity index is 710. The highest BCUT2D eigenvalue weighted by molar-refractivity contribution is 5.91. The number of aromatic nitrogens is 1. The molecule has 0 spiro atoms. The lowest BCUT2D eigenvalue weighted by Gasteiger charge is -2.19. The number of carbonyl (C=O) groups excluding carboxylic acids is 1. The minimum Gasteiger partial charge on any atom is -0.326 e. The third-order valence-electron chi connectivity index (χ3n) is 4.57. The van der Waals surface area contributed by atoms with Gasteiger partial charge in [-0.15, -0.1) is 0 Å². The maximum absolute atomic E-state index is 12.2. The molecule has 0 unspecified atom stereocenters. The molecule has 1 aromatic heterocycles. The van der Waals surface area contributed by atoms with Crippen LogP contribution in [0.3, 0.4) is 0 Å². The van der Waals surface area contributed by atoms with Crippen LogP contribution in [0.25, 0.3) is 0 Å². The SMILES string of the molecule is Cc1ccccc1NC(=O)CCN[C@H](c1ncccc1C)C1CC1. The van der Waals surface area contributed by atoms with Crippen LogP contribution in [0.1, 0.15) is 42.1 Å². The second kappa shape index (κ2) is 7.58. The van der Waals surface area contributed by atoms with Crippen molar-refractivity contribution >= 4 is 11.6 Å². The summed E-state index contributed by atoms with van der Waals surface area (Å²) in [6.45, 7) is 4.76. The number of nitrogens with zero attached hydrogens (tertiary/aromatic N) is 1. The third-order valence-corrected chi connectivity index (χ3v) is 4.57. The van der Waals surface area contributed by atoms with Crippen LogP contribution >= 0.6 is 0 Å². The van der Waals surface area contributed by atoms with Crippen molar-refractivity contribution in [2.45, 2.75) is 39.2 Å². The fourth-order valence-corrected chi connectivity index (χ4v) is 3.01. The zero-order valence-electron chi connectivity index (χ0n) is 14.4. The first kappa shape index (κ1) is 16.7. The maximum atomic E-state index is 12.2. The van der Waals surface area contributed by atoms with Gasteiger partial charge < -0.3 is 10.6 Å². The van der Waals surface area contributed by atoms with Crippen molar-refractivity contribution in [2.75, 3.05) is 11.9 Å². The number of benzene rings is 1. The van der Waals surface area contributed by atoms with Gasteiger partial charge in [0.2, 0.25) is 5.91 Å². The van der Waals surface area contributed by atoms with Crippen LogP contribution in [0, 0.1) is 19.8 Å². The van der Waals surface area contributed by atoms with E-state index in [2.05, 4.69) is 28.6 Å². The highest BCUT2D eigenvalue weighted by atomic mass is 16.1. The summed E-state index contributed by atoms with van der Waals surface area (Å²) in [4.78, 5) is 16.7. The molecule has 0 saturated heterocycles. The van der Waals surface area contributed by atoms with Gasteiger partial charge in [0, 0.05) is 24.8 Å². The van der Waals surface area contributed by atoms with Crippen molar-refractivity contribution in [2.24, 2.45) is 5.92 Å². The first-order valence-corrected chi connectivity index (χ1v) is 8.65. The summed E-state index contributed by atoms with van der Waals surface area (Å²) in [5.74, 6) is 0.696. The largest absolute Gasteiger partial charge is 0.326 e.